The van der Waals surface area contributed by atoms with Crippen molar-refractivity contribution in [3.05, 3.63) is 66.4 Å². The zero-order valence-corrected chi connectivity index (χ0v) is 22.2. The summed E-state index contributed by atoms with van der Waals surface area (Å²) in [6.45, 7) is 3.90. The van der Waals surface area contributed by atoms with Crippen LogP contribution in [0.5, 0.6) is 5.75 Å². The number of nitrogens with zero attached hydrogens (tertiary/aromatic N) is 2. The first kappa shape index (κ1) is 25.9. The van der Waals surface area contributed by atoms with Gasteiger partial charge in [0.15, 0.2) is 5.78 Å². The molecule has 5 rings (SSSR count). The lowest BCUT2D eigenvalue weighted by atomic mass is 9.77. The summed E-state index contributed by atoms with van der Waals surface area (Å²) in [5, 5.41) is 16.7. The molecule has 1 aliphatic carbocycles. The molecule has 1 saturated carbocycles. The standard InChI is InChI=1S/C30H33N3O2.ClH/c1-19(34)26-18-31-27-13-11-23(20-8-9-22-16-24(35)12-10-21(22)15-20)17-25(27)29(26)32-30(2)14-6-5-7-28(30)33(3)4;/h8-13,15-18,28,35H,5-7,14H2,1-4H3,(H,31,32);1H. The van der Waals surface area contributed by atoms with Gasteiger partial charge >= 0.3 is 0 Å². The number of pyridine rings is 1. The van der Waals surface area contributed by atoms with E-state index in [1.807, 2.05) is 18.2 Å². The van der Waals surface area contributed by atoms with Gasteiger partial charge < -0.3 is 15.3 Å². The number of Topliss-reactive ketones (excluding diaryl/α,β-unsaturated/α-hetero) is 1. The minimum absolute atomic E-state index is 0. The molecule has 3 aromatic carbocycles. The van der Waals surface area contributed by atoms with E-state index in [-0.39, 0.29) is 29.5 Å². The minimum atomic E-state index is -0.152. The summed E-state index contributed by atoms with van der Waals surface area (Å²) < 4.78 is 0. The summed E-state index contributed by atoms with van der Waals surface area (Å²) >= 11 is 0. The lowest BCUT2D eigenvalue weighted by Crippen LogP contribution is -2.55. The van der Waals surface area contributed by atoms with Crippen LogP contribution in [0.25, 0.3) is 32.8 Å². The van der Waals surface area contributed by atoms with Crippen LogP contribution in [0, 0.1) is 0 Å². The largest absolute Gasteiger partial charge is 0.508 e. The van der Waals surface area contributed by atoms with Gasteiger partial charge in [0.2, 0.25) is 0 Å². The fourth-order valence-electron chi connectivity index (χ4n) is 5.76. The third kappa shape index (κ3) is 4.78. The number of rotatable bonds is 5. The molecule has 2 atom stereocenters. The Kier molecular flexibility index (Phi) is 7.26. The van der Waals surface area contributed by atoms with E-state index in [2.05, 4.69) is 60.5 Å². The van der Waals surface area contributed by atoms with E-state index in [0.717, 1.165) is 51.3 Å². The number of halogens is 1. The molecular formula is C30H34ClN3O2. The topological polar surface area (TPSA) is 65.5 Å². The molecule has 36 heavy (non-hydrogen) atoms. The van der Waals surface area contributed by atoms with E-state index in [9.17, 15) is 9.90 Å². The van der Waals surface area contributed by atoms with E-state index >= 15 is 0 Å². The Labute approximate surface area is 218 Å². The second-order valence-corrected chi connectivity index (χ2v) is 10.3. The van der Waals surface area contributed by atoms with Gasteiger partial charge in [0.1, 0.15) is 5.75 Å². The fraction of sp³-hybridized carbons (Fsp3) is 0.333. The number of phenolic OH excluding ortho intramolecular Hbond substituents is 1. The molecule has 1 heterocycles. The van der Waals surface area contributed by atoms with E-state index in [0.29, 0.717) is 11.6 Å². The van der Waals surface area contributed by atoms with Crippen LogP contribution in [0.15, 0.2) is 60.8 Å². The smallest absolute Gasteiger partial charge is 0.163 e. The van der Waals surface area contributed by atoms with Crippen LogP contribution in [-0.4, -0.2) is 46.4 Å². The number of hydrogen-bond donors (Lipinski definition) is 2. The molecule has 0 bridgehead atoms. The van der Waals surface area contributed by atoms with Gasteiger partial charge in [-0.3, -0.25) is 9.78 Å². The number of aromatic nitrogens is 1. The van der Waals surface area contributed by atoms with Crippen LogP contribution in [0.4, 0.5) is 5.69 Å². The summed E-state index contributed by atoms with van der Waals surface area (Å²) in [6.07, 6.45) is 6.29. The normalized spacial score (nSPS) is 19.9. The number of hydrogen-bond acceptors (Lipinski definition) is 5. The molecule has 4 aromatic rings. The molecule has 1 aromatic heterocycles. The number of anilines is 1. The van der Waals surface area contributed by atoms with Crippen molar-refractivity contribution in [2.75, 3.05) is 19.4 Å². The minimum Gasteiger partial charge on any atom is -0.508 e. The lowest BCUT2D eigenvalue weighted by molar-refractivity contribution is 0.101. The van der Waals surface area contributed by atoms with Crippen LogP contribution in [0.1, 0.15) is 49.9 Å². The highest BCUT2D eigenvalue weighted by Gasteiger charge is 2.38. The number of phenols is 1. The summed E-state index contributed by atoms with van der Waals surface area (Å²) in [6, 6.07) is 18.3. The summed E-state index contributed by atoms with van der Waals surface area (Å²) in [7, 11) is 4.29. The highest BCUT2D eigenvalue weighted by Crippen LogP contribution is 2.38. The molecule has 0 aliphatic heterocycles. The van der Waals surface area contributed by atoms with Crippen LogP contribution in [0.2, 0.25) is 0 Å². The van der Waals surface area contributed by atoms with E-state index in [1.54, 1.807) is 25.3 Å². The maximum absolute atomic E-state index is 12.7. The Morgan fingerprint density at radius 1 is 1.03 bits per heavy atom. The van der Waals surface area contributed by atoms with Gasteiger partial charge in [-0.1, -0.05) is 37.1 Å². The molecular weight excluding hydrogens is 470 g/mol. The maximum atomic E-state index is 12.7. The van der Waals surface area contributed by atoms with Gasteiger partial charge in [-0.25, -0.2) is 0 Å². The Hall–Kier alpha value is -3.15. The summed E-state index contributed by atoms with van der Waals surface area (Å²) in [5.74, 6) is 0.278. The van der Waals surface area contributed by atoms with Gasteiger partial charge in [-0.15, -0.1) is 12.4 Å². The molecule has 2 unspecified atom stereocenters. The maximum Gasteiger partial charge on any atom is 0.163 e. The molecule has 1 fully saturated rings. The second kappa shape index (κ2) is 10.1. The van der Waals surface area contributed by atoms with Crippen LogP contribution in [-0.2, 0) is 0 Å². The van der Waals surface area contributed by atoms with Crippen molar-refractivity contribution in [1.29, 1.82) is 0 Å². The Morgan fingerprint density at radius 3 is 2.47 bits per heavy atom. The Balaban J connectivity index is 0.00000304. The molecule has 6 heteroatoms. The predicted octanol–water partition coefficient (Wildman–Crippen LogP) is 7.06. The van der Waals surface area contributed by atoms with Crippen molar-refractivity contribution in [3.8, 4) is 16.9 Å². The Bertz CT molecular complexity index is 1430. The number of benzene rings is 3. The van der Waals surface area contributed by atoms with Crippen molar-refractivity contribution in [2.45, 2.75) is 51.1 Å². The highest BCUT2D eigenvalue weighted by molar-refractivity contribution is 6.08. The molecule has 5 nitrogen and oxygen atoms in total. The number of ketones is 1. The summed E-state index contributed by atoms with van der Waals surface area (Å²) in [4.78, 5) is 19.6. The first-order valence-electron chi connectivity index (χ1n) is 12.4. The van der Waals surface area contributed by atoms with Gasteiger partial charge in [0.05, 0.1) is 22.3 Å². The van der Waals surface area contributed by atoms with E-state index < -0.39 is 0 Å². The monoisotopic (exact) mass is 503 g/mol. The molecule has 188 valence electrons. The first-order chi connectivity index (χ1) is 16.7. The number of fused-ring (bicyclic) bond motifs is 2. The van der Waals surface area contributed by atoms with Crippen molar-refractivity contribution in [2.24, 2.45) is 0 Å². The molecule has 0 radical (unpaired) electrons. The number of aromatic hydroxyl groups is 1. The van der Waals surface area contributed by atoms with Crippen LogP contribution >= 0.6 is 12.4 Å². The molecule has 0 spiro atoms. The quantitative estimate of drug-likeness (QED) is 0.285. The zero-order chi connectivity index (χ0) is 24.7. The summed E-state index contributed by atoms with van der Waals surface area (Å²) in [5.41, 5.74) is 4.38. The average molecular weight is 504 g/mol. The van der Waals surface area contributed by atoms with Gasteiger partial charge in [-0.2, -0.15) is 0 Å². The van der Waals surface area contributed by atoms with Crippen LogP contribution < -0.4 is 5.32 Å². The number of nitrogens with one attached hydrogen (secondary N) is 1. The lowest BCUT2D eigenvalue weighted by Gasteiger charge is -2.46. The molecule has 0 saturated heterocycles. The molecule has 2 N–H and O–H groups in total. The zero-order valence-electron chi connectivity index (χ0n) is 21.3. The van der Waals surface area contributed by atoms with Crippen molar-refractivity contribution < 1.29 is 9.90 Å². The third-order valence-corrected chi connectivity index (χ3v) is 7.60. The van der Waals surface area contributed by atoms with Gasteiger partial charge in [-0.05, 0) is 93.0 Å². The van der Waals surface area contributed by atoms with Gasteiger partial charge in [0, 0.05) is 17.6 Å². The molecule has 1 aliphatic rings. The highest BCUT2D eigenvalue weighted by atomic mass is 35.5. The number of carbonyl (C=O) groups excluding carboxylic acids is 1. The fourth-order valence-corrected chi connectivity index (χ4v) is 5.76. The van der Waals surface area contributed by atoms with Crippen molar-refractivity contribution >= 4 is 45.6 Å². The second-order valence-electron chi connectivity index (χ2n) is 10.3. The molecule has 0 amide bonds. The Morgan fingerprint density at radius 2 is 1.72 bits per heavy atom. The van der Waals surface area contributed by atoms with E-state index in [4.69, 9.17) is 0 Å². The predicted molar refractivity (Wildman–Crippen MR) is 152 cm³/mol. The van der Waals surface area contributed by atoms with E-state index in [1.165, 1.54) is 12.8 Å². The third-order valence-electron chi connectivity index (χ3n) is 7.60. The van der Waals surface area contributed by atoms with Gasteiger partial charge in [0.25, 0.3) is 0 Å². The van der Waals surface area contributed by atoms with Crippen molar-refractivity contribution in [3.63, 3.8) is 0 Å². The van der Waals surface area contributed by atoms with Crippen molar-refractivity contribution in [1.82, 2.24) is 9.88 Å². The number of carbonyl (C=O) groups is 1. The van der Waals surface area contributed by atoms with Crippen LogP contribution in [0.3, 0.4) is 0 Å². The average Bonchev–Trinajstić information content (AvgIpc) is 2.83. The number of likely N-dealkylation sites (N-methyl/N-ethyl adjacent to an activating group) is 1. The first-order valence-corrected chi connectivity index (χ1v) is 12.4. The SMILES string of the molecule is CC(=O)c1cnc2ccc(-c3ccc4cc(O)ccc4c3)cc2c1NC1(C)CCCCC1N(C)C.Cl.